The molecule has 4 aromatic rings. The van der Waals surface area contributed by atoms with E-state index in [0.717, 1.165) is 0 Å². The lowest BCUT2D eigenvalue weighted by atomic mass is 10.0. The number of benzene rings is 3. The van der Waals surface area contributed by atoms with Crippen LogP contribution in [0.15, 0.2) is 82.0 Å². The van der Waals surface area contributed by atoms with Crippen LogP contribution in [0, 0.1) is 6.92 Å². The highest BCUT2D eigenvalue weighted by molar-refractivity contribution is 6.13. The van der Waals surface area contributed by atoms with E-state index in [-0.39, 0.29) is 33.2 Å². The van der Waals surface area contributed by atoms with Gasteiger partial charge in [-0.05, 0) is 31.2 Å². The molecule has 0 aliphatic carbocycles. The van der Waals surface area contributed by atoms with Crippen molar-refractivity contribution >= 4 is 28.5 Å². The molecule has 9 heteroatoms. The van der Waals surface area contributed by atoms with E-state index in [0.29, 0.717) is 16.9 Å². The zero-order valence-electron chi connectivity index (χ0n) is 18.4. The van der Waals surface area contributed by atoms with Crippen molar-refractivity contribution in [3.63, 3.8) is 0 Å². The van der Waals surface area contributed by atoms with Gasteiger partial charge in [-0.1, -0.05) is 48.5 Å². The number of alkyl halides is 3. The van der Waals surface area contributed by atoms with Gasteiger partial charge in [0, 0.05) is 11.1 Å². The SMILES string of the molecule is Cc1c(-c2ccccc2)oc2c(C(=O)Nc3ccccc3C(=O)NCC(F)(F)F)cccc2c1=O. The van der Waals surface area contributed by atoms with E-state index >= 15 is 0 Å². The van der Waals surface area contributed by atoms with Crippen molar-refractivity contribution in [1.82, 2.24) is 5.32 Å². The van der Waals surface area contributed by atoms with Gasteiger partial charge in [0.1, 0.15) is 12.3 Å². The lowest BCUT2D eigenvalue weighted by Gasteiger charge is -2.14. The number of hydrogen-bond donors (Lipinski definition) is 2. The molecule has 2 N–H and O–H groups in total. The van der Waals surface area contributed by atoms with Crippen molar-refractivity contribution in [3.05, 3.63) is 99.7 Å². The van der Waals surface area contributed by atoms with Gasteiger partial charge >= 0.3 is 6.18 Å². The second-order valence-electron chi connectivity index (χ2n) is 7.73. The van der Waals surface area contributed by atoms with Crippen LogP contribution in [0.2, 0.25) is 0 Å². The third-order valence-electron chi connectivity index (χ3n) is 5.29. The van der Waals surface area contributed by atoms with Gasteiger partial charge in [0.05, 0.1) is 22.2 Å². The number of anilines is 1. The van der Waals surface area contributed by atoms with E-state index < -0.39 is 24.5 Å². The van der Waals surface area contributed by atoms with Crippen LogP contribution in [0.4, 0.5) is 18.9 Å². The average Bonchev–Trinajstić information content (AvgIpc) is 2.84. The van der Waals surface area contributed by atoms with Gasteiger partial charge in [0.2, 0.25) is 0 Å². The average molecular weight is 480 g/mol. The quantitative estimate of drug-likeness (QED) is 0.405. The molecule has 2 amide bonds. The van der Waals surface area contributed by atoms with E-state index in [1.54, 1.807) is 36.5 Å². The van der Waals surface area contributed by atoms with E-state index in [2.05, 4.69) is 5.32 Å². The monoisotopic (exact) mass is 480 g/mol. The number of carbonyl (C=O) groups excluding carboxylic acids is 2. The molecule has 0 fully saturated rings. The maximum Gasteiger partial charge on any atom is 0.405 e. The molecule has 0 atom stereocenters. The van der Waals surface area contributed by atoms with Crippen LogP contribution in [-0.4, -0.2) is 24.5 Å². The molecular weight excluding hydrogens is 461 g/mol. The lowest BCUT2D eigenvalue weighted by molar-refractivity contribution is -0.123. The summed E-state index contributed by atoms with van der Waals surface area (Å²) in [5.41, 5.74) is 0.686. The van der Waals surface area contributed by atoms with Gasteiger partial charge < -0.3 is 15.1 Å². The first-order valence-electron chi connectivity index (χ1n) is 10.5. The molecule has 0 radical (unpaired) electrons. The van der Waals surface area contributed by atoms with Gasteiger partial charge in [-0.25, -0.2) is 0 Å². The highest BCUT2D eigenvalue weighted by Gasteiger charge is 2.28. The Hall–Kier alpha value is -4.40. The Bertz CT molecular complexity index is 1480. The van der Waals surface area contributed by atoms with Crippen molar-refractivity contribution in [1.29, 1.82) is 0 Å². The molecule has 0 aliphatic heterocycles. The third-order valence-corrected chi connectivity index (χ3v) is 5.29. The molecule has 0 aliphatic rings. The maximum absolute atomic E-state index is 13.2. The molecule has 0 saturated carbocycles. The number of halogens is 3. The highest BCUT2D eigenvalue weighted by atomic mass is 19.4. The topological polar surface area (TPSA) is 88.4 Å². The van der Waals surface area contributed by atoms with E-state index in [4.69, 9.17) is 4.42 Å². The number of amides is 2. The van der Waals surface area contributed by atoms with E-state index in [9.17, 15) is 27.6 Å². The summed E-state index contributed by atoms with van der Waals surface area (Å²) in [5.74, 6) is -1.38. The first kappa shape index (κ1) is 23.7. The summed E-state index contributed by atoms with van der Waals surface area (Å²) in [5, 5.41) is 4.53. The Kier molecular flexibility index (Phi) is 6.42. The molecule has 1 heterocycles. The summed E-state index contributed by atoms with van der Waals surface area (Å²) >= 11 is 0. The van der Waals surface area contributed by atoms with Crippen LogP contribution >= 0.6 is 0 Å². The fraction of sp³-hybridized carbons (Fsp3) is 0.115. The predicted octanol–water partition coefficient (Wildman–Crippen LogP) is 5.31. The molecule has 0 bridgehead atoms. The van der Waals surface area contributed by atoms with Gasteiger partial charge in [0.25, 0.3) is 11.8 Å². The summed E-state index contributed by atoms with van der Waals surface area (Å²) in [4.78, 5) is 38.5. The smallest absolute Gasteiger partial charge is 0.405 e. The largest absolute Gasteiger partial charge is 0.455 e. The minimum Gasteiger partial charge on any atom is -0.455 e. The summed E-state index contributed by atoms with van der Waals surface area (Å²) in [7, 11) is 0. The summed E-state index contributed by atoms with van der Waals surface area (Å²) in [6, 6.07) is 19.1. The summed E-state index contributed by atoms with van der Waals surface area (Å²) < 4.78 is 43.6. The Morgan fingerprint density at radius 2 is 1.51 bits per heavy atom. The Labute approximate surface area is 197 Å². The lowest BCUT2D eigenvalue weighted by Crippen LogP contribution is -2.34. The maximum atomic E-state index is 13.2. The van der Waals surface area contributed by atoms with Crippen LogP contribution in [0.5, 0.6) is 0 Å². The Balaban J connectivity index is 1.73. The number of hydrogen-bond acceptors (Lipinski definition) is 4. The minimum atomic E-state index is -4.58. The van der Waals surface area contributed by atoms with Crippen LogP contribution in [0.1, 0.15) is 26.3 Å². The molecule has 6 nitrogen and oxygen atoms in total. The van der Waals surface area contributed by atoms with E-state index in [1.165, 1.54) is 42.5 Å². The van der Waals surface area contributed by atoms with E-state index in [1.807, 2.05) is 6.07 Å². The molecule has 1 aromatic heterocycles. The number of carbonyl (C=O) groups is 2. The molecule has 4 rings (SSSR count). The minimum absolute atomic E-state index is 0.00641. The number of para-hydroxylation sites is 2. The fourth-order valence-corrected chi connectivity index (χ4v) is 3.61. The van der Waals surface area contributed by atoms with Gasteiger partial charge in [-0.15, -0.1) is 0 Å². The normalized spacial score (nSPS) is 11.3. The van der Waals surface area contributed by atoms with Crippen molar-refractivity contribution in [2.24, 2.45) is 0 Å². The molecular formula is C26H19F3N2O4. The summed E-state index contributed by atoms with van der Waals surface area (Å²) in [6.45, 7) is 0.125. The molecule has 0 unspecified atom stereocenters. The van der Waals surface area contributed by atoms with Crippen LogP contribution in [-0.2, 0) is 0 Å². The second kappa shape index (κ2) is 9.46. The fourth-order valence-electron chi connectivity index (χ4n) is 3.61. The zero-order valence-corrected chi connectivity index (χ0v) is 18.4. The standard InChI is InChI=1S/C26H19F3N2O4/c1-15-21(32)18-11-7-12-19(23(18)35-22(15)16-8-3-2-4-9-16)25(34)31-20-13-6-5-10-17(20)24(33)30-14-26(27,28)29/h2-13H,14H2,1H3,(H,30,33)(H,31,34). The number of fused-ring (bicyclic) bond motifs is 1. The van der Waals surface area contributed by atoms with Crippen molar-refractivity contribution < 1.29 is 27.2 Å². The van der Waals surface area contributed by atoms with Crippen LogP contribution < -0.4 is 16.1 Å². The third kappa shape index (κ3) is 5.08. The van der Waals surface area contributed by atoms with Crippen LogP contribution in [0.3, 0.4) is 0 Å². The number of nitrogens with one attached hydrogen (secondary N) is 2. The molecule has 0 saturated heterocycles. The predicted molar refractivity (Wildman–Crippen MR) is 125 cm³/mol. The Morgan fingerprint density at radius 3 is 2.23 bits per heavy atom. The highest BCUT2D eigenvalue weighted by Crippen LogP contribution is 2.28. The second-order valence-corrected chi connectivity index (χ2v) is 7.73. The Morgan fingerprint density at radius 1 is 0.857 bits per heavy atom. The molecule has 35 heavy (non-hydrogen) atoms. The number of rotatable bonds is 5. The van der Waals surface area contributed by atoms with Crippen molar-refractivity contribution in [3.8, 4) is 11.3 Å². The van der Waals surface area contributed by atoms with Crippen LogP contribution in [0.25, 0.3) is 22.3 Å². The zero-order chi connectivity index (χ0) is 25.2. The molecule has 178 valence electrons. The van der Waals surface area contributed by atoms with Crippen molar-refractivity contribution in [2.45, 2.75) is 13.1 Å². The van der Waals surface area contributed by atoms with Gasteiger partial charge in [-0.2, -0.15) is 13.2 Å². The first-order chi connectivity index (χ1) is 16.7. The van der Waals surface area contributed by atoms with Gasteiger partial charge in [0.15, 0.2) is 11.0 Å². The summed E-state index contributed by atoms with van der Waals surface area (Å²) in [6.07, 6.45) is -4.58. The molecule has 0 spiro atoms. The van der Waals surface area contributed by atoms with Crippen molar-refractivity contribution in [2.75, 3.05) is 11.9 Å². The first-order valence-corrected chi connectivity index (χ1v) is 10.5. The molecule has 3 aromatic carbocycles. The van der Waals surface area contributed by atoms with Gasteiger partial charge in [-0.3, -0.25) is 14.4 Å².